The number of halogens is 2. The van der Waals surface area contributed by atoms with E-state index in [0.717, 1.165) is 57.0 Å². The monoisotopic (exact) mass is 806 g/mol. The Morgan fingerprint density at radius 1 is 0.474 bits per heavy atom. The molecule has 57 heavy (non-hydrogen) atoms. The molecule has 2 aliphatic rings. The fourth-order valence-corrected chi connectivity index (χ4v) is 10.4. The van der Waals surface area contributed by atoms with Gasteiger partial charge in [0.25, 0.3) is 0 Å². The van der Waals surface area contributed by atoms with Gasteiger partial charge in [0.15, 0.2) is 0 Å². The number of ether oxygens (including phenoxy) is 1. The molecule has 0 amide bonds. The molecule has 2 aliphatic carbocycles. The first-order valence-electron chi connectivity index (χ1n) is 23.3. The molecule has 2 saturated carbocycles. The van der Waals surface area contributed by atoms with Crippen LogP contribution in [0.1, 0.15) is 212 Å². The molecule has 0 aliphatic heterocycles. The topological polar surface area (TPSA) is 9.23 Å². The second-order valence-corrected chi connectivity index (χ2v) is 18.6. The summed E-state index contributed by atoms with van der Waals surface area (Å²) < 4.78 is 7.52. The van der Waals surface area contributed by atoms with E-state index < -0.39 is 0 Å². The van der Waals surface area contributed by atoms with Gasteiger partial charge in [0.2, 0.25) is 0 Å². The summed E-state index contributed by atoms with van der Waals surface area (Å²) >= 11 is 14.8. The van der Waals surface area contributed by atoms with Crippen molar-refractivity contribution >= 4 is 23.2 Å². The van der Waals surface area contributed by atoms with Crippen LogP contribution in [0.15, 0.2) is 84.9 Å². The van der Waals surface area contributed by atoms with E-state index in [-0.39, 0.29) is 12.2 Å². The Kier molecular flexibility index (Phi) is 17.5. The van der Waals surface area contributed by atoms with Gasteiger partial charge in [0, 0.05) is 21.2 Å². The van der Waals surface area contributed by atoms with Gasteiger partial charge in [-0.25, -0.2) is 0 Å². The van der Waals surface area contributed by atoms with Crippen LogP contribution in [0.3, 0.4) is 0 Å². The van der Waals surface area contributed by atoms with Crippen molar-refractivity contribution in [2.24, 2.45) is 11.8 Å². The van der Waals surface area contributed by atoms with Crippen molar-refractivity contribution in [1.82, 2.24) is 0 Å². The third kappa shape index (κ3) is 12.2. The van der Waals surface area contributed by atoms with Gasteiger partial charge in [-0.15, -0.1) is 0 Å². The minimum Gasteiger partial charge on any atom is -0.356 e. The quantitative estimate of drug-likeness (QED) is 0.0808. The first-order chi connectivity index (χ1) is 27.9. The third-order valence-electron chi connectivity index (χ3n) is 13.9. The van der Waals surface area contributed by atoms with Crippen LogP contribution in [0.5, 0.6) is 0 Å². The summed E-state index contributed by atoms with van der Waals surface area (Å²) in [6, 6.07) is 32.1. The highest BCUT2D eigenvalue weighted by Crippen LogP contribution is 2.45. The number of unbranched alkanes of at least 4 members (excludes halogenated alkanes) is 6. The average Bonchev–Trinajstić information content (AvgIpc) is 3.25. The fraction of sp³-hybridized carbons (Fsp3) is 0.556. The third-order valence-corrected chi connectivity index (χ3v) is 14.5. The molecular formula is C54H72Cl2O. The minimum absolute atomic E-state index is 0.365. The Morgan fingerprint density at radius 2 is 0.860 bits per heavy atom. The smallest absolute Gasteiger partial charge is 0.110 e. The van der Waals surface area contributed by atoms with E-state index in [4.69, 9.17) is 27.9 Å². The summed E-state index contributed by atoms with van der Waals surface area (Å²) in [7, 11) is 0. The Hall–Kier alpha value is -2.58. The lowest BCUT2D eigenvalue weighted by atomic mass is 9.77. The van der Waals surface area contributed by atoms with Gasteiger partial charge in [-0.2, -0.15) is 0 Å². The number of rotatable bonds is 20. The normalized spacial score (nSPS) is 21.0. The maximum Gasteiger partial charge on any atom is 0.110 e. The van der Waals surface area contributed by atoms with Crippen LogP contribution in [-0.2, 0) is 17.6 Å². The molecule has 0 saturated heterocycles. The molecule has 0 radical (unpaired) electrons. The number of aryl methyl sites for hydroxylation is 2. The van der Waals surface area contributed by atoms with Crippen molar-refractivity contribution in [3.05, 3.63) is 139 Å². The lowest BCUT2D eigenvalue weighted by molar-refractivity contribution is 0.0309. The lowest BCUT2D eigenvalue weighted by Crippen LogP contribution is -2.16. The van der Waals surface area contributed by atoms with Gasteiger partial charge in [0.1, 0.15) is 12.2 Å². The van der Waals surface area contributed by atoms with Crippen molar-refractivity contribution in [3.8, 4) is 0 Å². The van der Waals surface area contributed by atoms with E-state index in [1.807, 2.05) is 0 Å². The molecule has 4 aromatic rings. The molecule has 2 atom stereocenters. The van der Waals surface area contributed by atoms with Gasteiger partial charge < -0.3 is 4.74 Å². The molecule has 0 spiro atoms. The maximum absolute atomic E-state index is 7.52. The Morgan fingerprint density at radius 3 is 1.19 bits per heavy atom. The lowest BCUT2D eigenvalue weighted by Gasteiger charge is -2.31. The summed E-state index contributed by atoms with van der Waals surface area (Å²) in [6.45, 7) is 9.23. The highest BCUT2D eigenvalue weighted by atomic mass is 35.5. The van der Waals surface area contributed by atoms with E-state index in [1.54, 1.807) is 0 Å². The van der Waals surface area contributed by atoms with Crippen LogP contribution in [0.4, 0.5) is 0 Å². The summed E-state index contributed by atoms with van der Waals surface area (Å²) in [4.78, 5) is 0. The summed E-state index contributed by atoms with van der Waals surface area (Å²) in [5.74, 6) is 2.89. The predicted molar refractivity (Wildman–Crippen MR) is 246 cm³/mol. The van der Waals surface area contributed by atoms with Crippen molar-refractivity contribution in [1.29, 1.82) is 0 Å². The molecule has 6 rings (SSSR count). The van der Waals surface area contributed by atoms with E-state index in [2.05, 4.69) is 113 Å². The Bertz CT molecular complexity index is 1630. The van der Waals surface area contributed by atoms with Gasteiger partial charge >= 0.3 is 0 Å². The average molecular weight is 808 g/mol. The summed E-state index contributed by atoms with van der Waals surface area (Å²) in [5, 5.41) is 1.59. The molecule has 1 nitrogen and oxygen atoms in total. The molecule has 0 bridgehead atoms. The van der Waals surface area contributed by atoms with E-state index in [0.29, 0.717) is 11.8 Å². The van der Waals surface area contributed by atoms with Crippen LogP contribution in [0.25, 0.3) is 0 Å². The molecule has 2 unspecified atom stereocenters. The molecule has 0 aromatic heterocycles. The van der Waals surface area contributed by atoms with Crippen LogP contribution >= 0.6 is 23.2 Å². The Labute approximate surface area is 357 Å². The SMILES string of the molecule is CCCCCCc1ccc(C(OC(c2ccc(CCCCCC)cc2)c2ccc(C3CCC(CC)CC3)cc2Cl)c2ccc(C3CCC(CC)CC3)cc2Cl)cc1. The number of benzene rings is 4. The van der Waals surface area contributed by atoms with Crippen molar-refractivity contribution in [3.63, 3.8) is 0 Å². The summed E-state index contributed by atoms with van der Waals surface area (Å²) in [6.07, 6.45) is 24.5. The Balaban J connectivity index is 1.35. The standard InChI is InChI=1S/C54H72Cl2O/c1-5-9-11-13-15-41-21-29-45(30-22-41)53(49-35-33-47(37-51(49)55)43-25-17-39(7-3)18-26-43)57-54(46-31-23-42(24-32-46)16-14-12-10-6-2)50-36-34-48(38-52(50)56)44-27-19-40(8-4)20-28-44/h21-24,29-40,43-44,53-54H,5-20,25-28H2,1-4H3. The highest BCUT2D eigenvalue weighted by Gasteiger charge is 2.29. The second-order valence-electron chi connectivity index (χ2n) is 17.8. The molecule has 2 fully saturated rings. The van der Waals surface area contributed by atoms with Crippen molar-refractivity contribution < 1.29 is 4.74 Å². The summed E-state index contributed by atoms with van der Waals surface area (Å²) in [5.41, 5.74) is 9.82. The van der Waals surface area contributed by atoms with E-state index >= 15 is 0 Å². The predicted octanol–water partition coefficient (Wildman–Crippen LogP) is 17.5. The largest absolute Gasteiger partial charge is 0.356 e. The molecule has 3 heteroatoms. The molecule has 308 valence electrons. The van der Waals surface area contributed by atoms with E-state index in [1.165, 1.54) is 138 Å². The second kappa shape index (κ2) is 22.7. The van der Waals surface area contributed by atoms with Gasteiger partial charge in [-0.05, 0) is 146 Å². The minimum atomic E-state index is -0.365. The maximum atomic E-state index is 7.52. The zero-order valence-electron chi connectivity index (χ0n) is 35.9. The van der Waals surface area contributed by atoms with E-state index in [9.17, 15) is 0 Å². The molecule has 4 aromatic carbocycles. The first kappa shape index (κ1) is 44.0. The van der Waals surface area contributed by atoms with Crippen LogP contribution in [-0.4, -0.2) is 0 Å². The zero-order valence-corrected chi connectivity index (χ0v) is 37.4. The van der Waals surface area contributed by atoms with Crippen molar-refractivity contribution in [2.45, 2.75) is 180 Å². The number of hydrogen-bond acceptors (Lipinski definition) is 1. The molecule has 0 N–H and O–H groups in total. The van der Waals surface area contributed by atoms with Gasteiger partial charge in [-0.3, -0.25) is 0 Å². The van der Waals surface area contributed by atoms with Gasteiger partial charge in [0.05, 0.1) is 0 Å². The first-order valence-corrected chi connectivity index (χ1v) is 24.1. The van der Waals surface area contributed by atoms with Crippen LogP contribution in [0.2, 0.25) is 10.0 Å². The van der Waals surface area contributed by atoms with Crippen molar-refractivity contribution in [2.75, 3.05) is 0 Å². The highest BCUT2D eigenvalue weighted by molar-refractivity contribution is 6.31. The van der Waals surface area contributed by atoms with Crippen LogP contribution < -0.4 is 0 Å². The molecule has 0 heterocycles. The van der Waals surface area contributed by atoms with Gasteiger partial charge in [-0.1, -0.05) is 175 Å². The number of hydrogen-bond donors (Lipinski definition) is 0. The molecular weight excluding hydrogens is 735 g/mol. The fourth-order valence-electron chi connectivity index (χ4n) is 9.86. The van der Waals surface area contributed by atoms with Crippen LogP contribution in [0, 0.1) is 11.8 Å². The zero-order chi connectivity index (χ0) is 40.0.